The van der Waals surface area contributed by atoms with Crippen LogP contribution < -0.4 is 10.6 Å². The second kappa shape index (κ2) is 9.88. The highest BCUT2D eigenvalue weighted by Crippen LogP contribution is 2.23. The number of anilines is 1. The normalized spacial score (nSPS) is 15.2. The summed E-state index contributed by atoms with van der Waals surface area (Å²) in [5.74, 6) is 0.462. The first-order chi connectivity index (χ1) is 15.1. The number of nitrogens with one attached hydrogen (secondary N) is 2. The molecule has 31 heavy (non-hydrogen) atoms. The molecule has 2 N–H and O–H groups in total. The zero-order valence-electron chi connectivity index (χ0n) is 17.9. The summed E-state index contributed by atoms with van der Waals surface area (Å²) < 4.78 is 13.1. The molecule has 162 valence electrons. The molecule has 2 heterocycles. The number of fused-ring (bicyclic) bond motifs is 1. The molecule has 0 radical (unpaired) electrons. The highest BCUT2D eigenvalue weighted by atomic mass is 19.1. The van der Waals surface area contributed by atoms with Crippen LogP contribution in [0.25, 0.3) is 10.9 Å². The molecule has 0 saturated carbocycles. The van der Waals surface area contributed by atoms with E-state index in [4.69, 9.17) is 0 Å². The molecule has 2 aromatic carbocycles. The van der Waals surface area contributed by atoms with Crippen molar-refractivity contribution in [1.82, 2.24) is 15.2 Å². The van der Waals surface area contributed by atoms with Gasteiger partial charge in [-0.05, 0) is 75.0 Å². The van der Waals surface area contributed by atoms with Crippen LogP contribution in [0.5, 0.6) is 0 Å². The fraction of sp³-hybridized carbons (Fsp3) is 0.360. The average Bonchev–Trinajstić information content (AvgIpc) is 2.76. The lowest BCUT2D eigenvalue weighted by Crippen LogP contribution is -2.40. The number of para-hydroxylation sites is 1. The van der Waals surface area contributed by atoms with E-state index in [1.807, 2.05) is 49.4 Å². The van der Waals surface area contributed by atoms with E-state index < -0.39 is 0 Å². The minimum atomic E-state index is -0.193. The van der Waals surface area contributed by atoms with Gasteiger partial charge in [-0.25, -0.2) is 9.18 Å². The number of pyridine rings is 1. The standard InChI is InChI=1S/C25H29FN4O/c1-18-16-24(22-4-2-3-5-23(22)28-18)29-25(31)27-12-15-30-13-10-20(11-14-30)17-19-6-8-21(26)9-7-19/h2-9,16,20H,10-15,17H2,1H3,(H2,27,28,29,31). The number of nitrogens with zero attached hydrogens (tertiary/aromatic N) is 2. The third kappa shape index (κ3) is 5.79. The molecule has 0 bridgehead atoms. The smallest absolute Gasteiger partial charge is 0.319 e. The minimum Gasteiger partial charge on any atom is -0.337 e. The Labute approximate surface area is 182 Å². The predicted octanol–water partition coefficient (Wildman–Crippen LogP) is 4.76. The molecule has 3 aromatic rings. The number of carbonyl (C=O) groups is 1. The molecular formula is C25H29FN4O. The fourth-order valence-corrected chi connectivity index (χ4v) is 4.27. The monoisotopic (exact) mass is 420 g/mol. The number of benzene rings is 2. The van der Waals surface area contributed by atoms with E-state index >= 15 is 0 Å². The van der Waals surface area contributed by atoms with E-state index in [2.05, 4.69) is 20.5 Å². The third-order valence-electron chi connectivity index (χ3n) is 5.95. The Hall–Kier alpha value is -2.99. The van der Waals surface area contributed by atoms with Gasteiger partial charge in [-0.1, -0.05) is 30.3 Å². The Balaban J connectivity index is 1.20. The van der Waals surface area contributed by atoms with Gasteiger partial charge in [0.15, 0.2) is 0 Å². The first-order valence-corrected chi connectivity index (χ1v) is 10.9. The van der Waals surface area contributed by atoms with Crippen molar-refractivity contribution < 1.29 is 9.18 Å². The molecule has 1 fully saturated rings. The van der Waals surface area contributed by atoms with Gasteiger partial charge in [0.25, 0.3) is 0 Å². The predicted molar refractivity (Wildman–Crippen MR) is 123 cm³/mol. The van der Waals surface area contributed by atoms with Crippen LogP contribution in [0.1, 0.15) is 24.1 Å². The van der Waals surface area contributed by atoms with E-state index in [1.54, 1.807) is 0 Å². The number of aromatic nitrogens is 1. The Morgan fingerprint density at radius 3 is 2.65 bits per heavy atom. The number of piperidine rings is 1. The van der Waals surface area contributed by atoms with Crippen molar-refractivity contribution in [3.63, 3.8) is 0 Å². The van der Waals surface area contributed by atoms with Crippen LogP contribution in [0.15, 0.2) is 54.6 Å². The third-order valence-corrected chi connectivity index (χ3v) is 5.95. The molecule has 5 nitrogen and oxygen atoms in total. The lowest BCUT2D eigenvalue weighted by Gasteiger charge is -2.32. The Morgan fingerprint density at radius 2 is 1.87 bits per heavy atom. The van der Waals surface area contributed by atoms with Crippen molar-refractivity contribution in [2.75, 3.05) is 31.5 Å². The first kappa shape index (κ1) is 21.2. The van der Waals surface area contributed by atoms with Crippen LogP contribution in [0.3, 0.4) is 0 Å². The van der Waals surface area contributed by atoms with Gasteiger partial charge < -0.3 is 15.5 Å². The topological polar surface area (TPSA) is 57.3 Å². The highest BCUT2D eigenvalue weighted by Gasteiger charge is 2.19. The number of hydrogen-bond donors (Lipinski definition) is 2. The van der Waals surface area contributed by atoms with Crippen molar-refractivity contribution in [2.45, 2.75) is 26.2 Å². The summed E-state index contributed by atoms with van der Waals surface area (Å²) in [6.07, 6.45) is 3.27. The van der Waals surface area contributed by atoms with Gasteiger partial charge in [-0.3, -0.25) is 4.98 Å². The maximum absolute atomic E-state index is 13.1. The number of urea groups is 1. The van der Waals surface area contributed by atoms with Crippen LogP contribution in [-0.2, 0) is 6.42 Å². The summed E-state index contributed by atoms with van der Waals surface area (Å²) in [5.41, 5.74) is 3.73. The summed E-state index contributed by atoms with van der Waals surface area (Å²) in [5, 5.41) is 6.87. The molecule has 4 rings (SSSR count). The van der Waals surface area contributed by atoms with Crippen molar-refractivity contribution >= 4 is 22.6 Å². The van der Waals surface area contributed by atoms with Gasteiger partial charge >= 0.3 is 6.03 Å². The first-order valence-electron chi connectivity index (χ1n) is 10.9. The van der Waals surface area contributed by atoms with E-state index in [0.29, 0.717) is 12.5 Å². The van der Waals surface area contributed by atoms with Crippen molar-refractivity contribution in [1.29, 1.82) is 0 Å². The molecule has 1 aliphatic heterocycles. The number of amides is 2. The molecule has 1 saturated heterocycles. The van der Waals surface area contributed by atoms with E-state index in [9.17, 15) is 9.18 Å². The van der Waals surface area contributed by atoms with Gasteiger partial charge in [-0.15, -0.1) is 0 Å². The average molecular weight is 421 g/mol. The Kier molecular flexibility index (Phi) is 6.77. The van der Waals surface area contributed by atoms with E-state index in [-0.39, 0.29) is 11.8 Å². The number of aryl methyl sites for hydroxylation is 1. The number of hydrogen-bond acceptors (Lipinski definition) is 3. The fourth-order valence-electron chi connectivity index (χ4n) is 4.27. The van der Waals surface area contributed by atoms with Gasteiger partial charge in [0.05, 0.1) is 11.2 Å². The van der Waals surface area contributed by atoms with Crippen molar-refractivity contribution in [2.24, 2.45) is 5.92 Å². The zero-order chi connectivity index (χ0) is 21.6. The van der Waals surface area contributed by atoms with E-state index in [1.165, 1.54) is 17.7 Å². The second-order valence-electron chi connectivity index (χ2n) is 8.32. The number of rotatable bonds is 6. The molecule has 0 atom stereocenters. The lowest BCUT2D eigenvalue weighted by atomic mass is 9.90. The van der Waals surface area contributed by atoms with Gasteiger partial charge in [0.1, 0.15) is 5.82 Å². The molecule has 1 aromatic heterocycles. The Bertz CT molecular complexity index is 1030. The summed E-state index contributed by atoms with van der Waals surface area (Å²) in [4.78, 5) is 19.3. The molecule has 0 spiro atoms. The second-order valence-corrected chi connectivity index (χ2v) is 8.32. The summed E-state index contributed by atoms with van der Waals surface area (Å²) in [6.45, 7) is 5.44. The Morgan fingerprint density at radius 1 is 1.13 bits per heavy atom. The van der Waals surface area contributed by atoms with Crippen molar-refractivity contribution in [3.8, 4) is 0 Å². The van der Waals surface area contributed by atoms with Gasteiger partial charge in [0.2, 0.25) is 0 Å². The zero-order valence-corrected chi connectivity index (χ0v) is 17.9. The van der Waals surface area contributed by atoms with Crippen LogP contribution >= 0.6 is 0 Å². The van der Waals surface area contributed by atoms with Crippen LogP contribution in [-0.4, -0.2) is 42.1 Å². The molecule has 0 unspecified atom stereocenters. The summed E-state index contributed by atoms with van der Waals surface area (Å²) in [6, 6.07) is 16.4. The summed E-state index contributed by atoms with van der Waals surface area (Å²) >= 11 is 0. The van der Waals surface area contributed by atoms with Crippen LogP contribution in [0.2, 0.25) is 0 Å². The maximum Gasteiger partial charge on any atom is 0.319 e. The lowest BCUT2D eigenvalue weighted by molar-refractivity contribution is 0.184. The van der Waals surface area contributed by atoms with E-state index in [0.717, 1.165) is 61.2 Å². The summed E-state index contributed by atoms with van der Waals surface area (Å²) in [7, 11) is 0. The molecule has 6 heteroatoms. The molecular weight excluding hydrogens is 391 g/mol. The van der Waals surface area contributed by atoms with Crippen LogP contribution in [0, 0.1) is 18.7 Å². The molecule has 1 aliphatic rings. The number of halogens is 1. The number of carbonyl (C=O) groups excluding carboxylic acids is 1. The van der Waals surface area contributed by atoms with Crippen molar-refractivity contribution in [3.05, 3.63) is 71.7 Å². The quantitative estimate of drug-likeness (QED) is 0.605. The largest absolute Gasteiger partial charge is 0.337 e. The van der Waals surface area contributed by atoms with Gasteiger partial charge in [0, 0.05) is 24.2 Å². The van der Waals surface area contributed by atoms with Gasteiger partial charge in [-0.2, -0.15) is 0 Å². The molecule has 0 aliphatic carbocycles. The number of likely N-dealkylation sites (tertiary alicyclic amines) is 1. The minimum absolute atomic E-state index is 0.178. The molecule has 2 amide bonds. The van der Waals surface area contributed by atoms with Crippen LogP contribution in [0.4, 0.5) is 14.9 Å². The maximum atomic E-state index is 13.1. The SMILES string of the molecule is Cc1cc(NC(=O)NCCN2CCC(Cc3ccc(F)cc3)CC2)c2ccccc2n1. The highest BCUT2D eigenvalue weighted by molar-refractivity contribution is 6.00.